The molecule has 1 aliphatic heterocycles. The topological polar surface area (TPSA) is 81.9 Å². The number of carbonyl (C=O) groups is 1. The van der Waals surface area contributed by atoms with Crippen molar-refractivity contribution >= 4 is 5.91 Å². The van der Waals surface area contributed by atoms with E-state index < -0.39 is 0 Å². The maximum Gasteiger partial charge on any atom is 0.251 e. The second-order valence-corrected chi connectivity index (χ2v) is 9.87. The molecule has 0 spiro atoms. The molecule has 0 saturated heterocycles. The fourth-order valence-electron chi connectivity index (χ4n) is 5.51. The summed E-state index contributed by atoms with van der Waals surface area (Å²) in [6, 6.07) is 16.0. The maximum atomic E-state index is 13.4. The van der Waals surface area contributed by atoms with Gasteiger partial charge in [0.05, 0.1) is 11.6 Å². The molecular weight excluding hydrogens is 434 g/mol. The molecule has 0 bridgehead atoms. The van der Waals surface area contributed by atoms with Crippen LogP contribution in [0.15, 0.2) is 61.2 Å². The predicted octanol–water partition coefficient (Wildman–Crippen LogP) is 4.90. The summed E-state index contributed by atoms with van der Waals surface area (Å²) < 4.78 is 0. The average Bonchev–Trinajstić information content (AvgIpc) is 2.92. The minimum Gasteiger partial charge on any atom is -0.347 e. The minimum atomic E-state index is -0.161. The first-order chi connectivity index (χ1) is 17.1. The van der Waals surface area contributed by atoms with Crippen LogP contribution in [0.3, 0.4) is 0 Å². The van der Waals surface area contributed by atoms with Gasteiger partial charge in [0.1, 0.15) is 6.33 Å². The summed E-state index contributed by atoms with van der Waals surface area (Å²) in [6.45, 7) is 2.86. The number of amides is 1. The number of aromatic nitrogens is 2. The zero-order valence-electron chi connectivity index (χ0n) is 20.0. The standard InChI is InChI=1S/C29H31N5O/c30-17-22-7-8-26-20-34(13-9-24(26)15-22)14-12-29(10-2-1-3-11-29)33-28(35)25-6-4-5-23(16-25)27-18-31-21-32-19-27/h4-8,15-16,18-19,21H,1-3,9-14,20H2,(H,33,35). The summed E-state index contributed by atoms with van der Waals surface area (Å²) in [7, 11) is 0. The van der Waals surface area contributed by atoms with Crippen molar-refractivity contribution in [3.8, 4) is 17.2 Å². The number of rotatable bonds is 6. The Balaban J connectivity index is 1.27. The quantitative estimate of drug-likeness (QED) is 0.560. The number of nitrogens with one attached hydrogen (secondary N) is 1. The van der Waals surface area contributed by atoms with Gasteiger partial charge in [-0.1, -0.05) is 37.5 Å². The van der Waals surface area contributed by atoms with Crippen LogP contribution < -0.4 is 5.32 Å². The largest absolute Gasteiger partial charge is 0.347 e. The third-order valence-corrected chi connectivity index (χ3v) is 7.54. The van der Waals surface area contributed by atoms with Crippen LogP contribution in [0.1, 0.15) is 65.6 Å². The van der Waals surface area contributed by atoms with Crippen LogP contribution in [0, 0.1) is 11.3 Å². The molecule has 5 rings (SSSR count). The van der Waals surface area contributed by atoms with E-state index in [9.17, 15) is 10.1 Å². The Hall–Kier alpha value is -3.56. The van der Waals surface area contributed by atoms with E-state index in [0.29, 0.717) is 5.56 Å². The molecule has 1 amide bonds. The maximum absolute atomic E-state index is 13.4. The van der Waals surface area contributed by atoms with Crippen molar-refractivity contribution in [1.82, 2.24) is 20.2 Å². The molecular formula is C29H31N5O. The monoisotopic (exact) mass is 465 g/mol. The number of hydrogen-bond acceptors (Lipinski definition) is 5. The fourth-order valence-corrected chi connectivity index (χ4v) is 5.51. The van der Waals surface area contributed by atoms with Crippen LogP contribution >= 0.6 is 0 Å². The highest BCUT2D eigenvalue weighted by atomic mass is 16.1. The van der Waals surface area contributed by atoms with Gasteiger partial charge >= 0.3 is 0 Å². The number of benzene rings is 2. The molecule has 1 N–H and O–H groups in total. The van der Waals surface area contributed by atoms with Crippen LogP contribution in [-0.4, -0.2) is 39.4 Å². The van der Waals surface area contributed by atoms with Crippen molar-refractivity contribution in [2.24, 2.45) is 0 Å². The zero-order chi connectivity index (χ0) is 24.1. The molecule has 0 radical (unpaired) electrons. The van der Waals surface area contributed by atoms with Gasteiger partial charge in [-0.2, -0.15) is 5.26 Å². The highest BCUT2D eigenvalue weighted by Gasteiger charge is 2.34. The summed E-state index contributed by atoms with van der Waals surface area (Å²) in [4.78, 5) is 24.1. The Labute approximate surface area is 207 Å². The molecule has 0 unspecified atom stereocenters. The lowest BCUT2D eigenvalue weighted by Gasteiger charge is -2.40. The van der Waals surface area contributed by atoms with Crippen molar-refractivity contribution in [3.63, 3.8) is 0 Å². The van der Waals surface area contributed by atoms with E-state index in [4.69, 9.17) is 0 Å². The summed E-state index contributed by atoms with van der Waals surface area (Å²) in [6.07, 6.45) is 12.6. The number of fused-ring (bicyclic) bond motifs is 1. The molecule has 1 aromatic heterocycles. The average molecular weight is 466 g/mol. The lowest BCUT2D eigenvalue weighted by atomic mass is 9.78. The van der Waals surface area contributed by atoms with Gasteiger partial charge in [0.25, 0.3) is 5.91 Å². The normalized spacial score (nSPS) is 17.2. The second-order valence-electron chi connectivity index (χ2n) is 9.87. The third kappa shape index (κ3) is 5.41. The first-order valence-corrected chi connectivity index (χ1v) is 12.6. The molecule has 2 aromatic carbocycles. The molecule has 1 fully saturated rings. The molecule has 178 valence electrons. The zero-order valence-corrected chi connectivity index (χ0v) is 20.0. The Bertz CT molecular complexity index is 1230. The highest BCUT2D eigenvalue weighted by molar-refractivity contribution is 5.96. The van der Waals surface area contributed by atoms with Gasteiger partial charge in [-0.25, -0.2) is 9.97 Å². The lowest BCUT2D eigenvalue weighted by molar-refractivity contribution is 0.0840. The SMILES string of the molecule is N#Cc1ccc2c(c1)CCN(CCC1(NC(=O)c3cccc(-c4cncnc4)c3)CCCCC1)C2. The van der Waals surface area contributed by atoms with Gasteiger partial charge in [-0.3, -0.25) is 9.69 Å². The van der Waals surface area contributed by atoms with Crippen molar-refractivity contribution in [3.05, 3.63) is 83.4 Å². The van der Waals surface area contributed by atoms with Gasteiger partial charge < -0.3 is 5.32 Å². The molecule has 1 saturated carbocycles. The molecule has 35 heavy (non-hydrogen) atoms. The van der Waals surface area contributed by atoms with Crippen molar-refractivity contribution < 1.29 is 4.79 Å². The minimum absolute atomic E-state index is 0.00128. The molecule has 1 aliphatic carbocycles. The smallest absolute Gasteiger partial charge is 0.251 e. The number of carbonyl (C=O) groups excluding carboxylic acids is 1. The molecule has 6 nitrogen and oxygen atoms in total. The Morgan fingerprint density at radius 2 is 1.86 bits per heavy atom. The number of nitriles is 1. The van der Waals surface area contributed by atoms with E-state index in [2.05, 4.69) is 32.3 Å². The number of hydrogen-bond donors (Lipinski definition) is 1. The number of nitrogens with zero attached hydrogens (tertiary/aromatic N) is 4. The van der Waals surface area contributed by atoms with Gasteiger partial charge in [0, 0.05) is 48.7 Å². The Morgan fingerprint density at radius 3 is 2.66 bits per heavy atom. The molecule has 2 heterocycles. The summed E-state index contributed by atoms with van der Waals surface area (Å²) in [5.41, 5.74) is 5.72. The summed E-state index contributed by atoms with van der Waals surface area (Å²) in [5.74, 6) is -0.00128. The lowest BCUT2D eigenvalue weighted by Crippen LogP contribution is -2.51. The van der Waals surface area contributed by atoms with Gasteiger partial charge in [0.15, 0.2) is 0 Å². The van der Waals surface area contributed by atoms with Crippen molar-refractivity contribution in [2.45, 2.75) is 57.0 Å². The first-order valence-electron chi connectivity index (χ1n) is 12.6. The van der Waals surface area contributed by atoms with Crippen LogP contribution in [0.2, 0.25) is 0 Å². The van der Waals surface area contributed by atoms with Crippen LogP contribution in [0.4, 0.5) is 0 Å². The van der Waals surface area contributed by atoms with Gasteiger partial charge in [0.2, 0.25) is 0 Å². The van der Waals surface area contributed by atoms with E-state index in [0.717, 1.165) is 74.8 Å². The summed E-state index contributed by atoms with van der Waals surface area (Å²) >= 11 is 0. The molecule has 2 aliphatic rings. The molecule has 3 aromatic rings. The van der Waals surface area contributed by atoms with Crippen molar-refractivity contribution in [2.75, 3.05) is 13.1 Å². The van der Waals surface area contributed by atoms with Crippen LogP contribution in [0.5, 0.6) is 0 Å². The predicted molar refractivity (Wildman–Crippen MR) is 136 cm³/mol. The third-order valence-electron chi connectivity index (χ3n) is 7.54. The van der Waals surface area contributed by atoms with Gasteiger partial charge in [-0.15, -0.1) is 0 Å². The fraction of sp³-hybridized carbons (Fsp3) is 0.379. The van der Waals surface area contributed by atoms with E-state index in [1.165, 1.54) is 23.9 Å². The highest BCUT2D eigenvalue weighted by Crippen LogP contribution is 2.33. The van der Waals surface area contributed by atoms with Gasteiger partial charge in [-0.05, 0) is 66.6 Å². The van der Waals surface area contributed by atoms with Crippen LogP contribution in [0.25, 0.3) is 11.1 Å². The van der Waals surface area contributed by atoms with E-state index in [1.807, 2.05) is 36.4 Å². The van der Waals surface area contributed by atoms with E-state index >= 15 is 0 Å². The first kappa shape index (κ1) is 23.2. The molecule has 6 heteroatoms. The van der Waals surface area contributed by atoms with E-state index in [1.54, 1.807) is 12.4 Å². The molecule has 0 atom stereocenters. The Morgan fingerprint density at radius 1 is 1.03 bits per heavy atom. The van der Waals surface area contributed by atoms with E-state index in [-0.39, 0.29) is 11.4 Å². The van der Waals surface area contributed by atoms with Crippen LogP contribution in [-0.2, 0) is 13.0 Å². The second kappa shape index (κ2) is 10.4. The Kier molecular flexibility index (Phi) is 6.87. The summed E-state index contributed by atoms with van der Waals surface area (Å²) in [5, 5.41) is 12.6. The van der Waals surface area contributed by atoms with Crippen molar-refractivity contribution in [1.29, 1.82) is 5.26 Å².